The zero-order valence-corrected chi connectivity index (χ0v) is 18.1. The van der Waals surface area contributed by atoms with Gasteiger partial charge in [-0.1, -0.05) is 12.1 Å². The summed E-state index contributed by atoms with van der Waals surface area (Å²) in [6, 6.07) is 15.3. The van der Waals surface area contributed by atoms with E-state index in [0.29, 0.717) is 42.0 Å². The second kappa shape index (κ2) is 8.76. The van der Waals surface area contributed by atoms with Crippen LogP contribution in [0.4, 0.5) is 0 Å². The molecule has 0 atom stereocenters. The van der Waals surface area contributed by atoms with Gasteiger partial charge in [0.1, 0.15) is 19.0 Å². The Balaban J connectivity index is 1.22. The van der Waals surface area contributed by atoms with E-state index in [9.17, 15) is 4.79 Å². The quantitative estimate of drug-likeness (QED) is 0.432. The molecule has 0 radical (unpaired) electrons. The van der Waals surface area contributed by atoms with Crippen LogP contribution in [0, 0.1) is 0 Å². The van der Waals surface area contributed by atoms with Crippen molar-refractivity contribution in [1.29, 1.82) is 0 Å². The van der Waals surface area contributed by atoms with E-state index >= 15 is 0 Å². The third kappa shape index (κ3) is 4.17. The highest BCUT2D eigenvalue weighted by molar-refractivity contribution is 7.21. The van der Waals surface area contributed by atoms with Crippen LogP contribution in [0.5, 0.6) is 17.2 Å². The minimum Gasteiger partial charge on any atom is -0.493 e. The van der Waals surface area contributed by atoms with E-state index < -0.39 is 0 Å². The summed E-state index contributed by atoms with van der Waals surface area (Å²) in [4.78, 5) is 16.9. The van der Waals surface area contributed by atoms with Gasteiger partial charge in [-0.2, -0.15) is 0 Å². The summed E-state index contributed by atoms with van der Waals surface area (Å²) in [6.45, 7) is 1.24. The lowest BCUT2D eigenvalue weighted by Gasteiger charge is -2.20. The molecule has 7 nitrogen and oxygen atoms in total. The number of aromatic nitrogens is 1. The molecule has 0 saturated carbocycles. The molecular weight excluding hydrogens is 428 g/mol. The number of amides is 1. The van der Waals surface area contributed by atoms with E-state index in [1.54, 1.807) is 30.6 Å². The Morgan fingerprint density at radius 1 is 1.19 bits per heavy atom. The molecule has 3 heterocycles. The number of fused-ring (bicyclic) bond motifs is 2. The summed E-state index contributed by atoms with van der Waals surface area (Å²) in [6.07, 6.45) is 3.16. The molecular formula is C24H20N2O5S. The average Bonchev–Trinajstić information content (AvgIpc) is 3.47. The normalized spacial score (nSPS) is 12.9. The highest BCUT2D eigenvalue weighted by Crippen LogP contribution is 2.40. The van der Waals surface area contributed by atoms with Crippen molar-refractivity contribution in [3.05, 3.63) is 65.9 Å². The molecule has 1 N–H and O–H groups in total. The number of nitrogens with zero attached hydrogens (tertiary/aromatic N) is 1. The van der Waals surface area contributed by atoms with Gasteiger partial charge in [0.2, 0.25) is 11.7 Å². The largest absolute Gasteiger partial charge is 0.493 e. The van der Waals surface area contributed by atoms with Crippen molar-refractivity contribution in [2.75, 3.05) is 20.3 Å². The number of nitrogens with one attached hydrogen (secondary N) is 1. The molecule has 0 bridgehead atoms. The molecule has 1 aliphatic heterocycles. The van der Waals surface area contributed by atoms with Crippen molar-refractivity contribution < 1.29 is 23.4 Å². The van der Waals surface area contributed by atoms with Gasteiger partial charge in [0.25, 0.3) is 0 Å². The van der Waals surface area contributed by atoms with Crippen molar-refractivity contribution in [3.8, 4) is 28.0 Å². The Hall–Kier alpha value is -3.78. The number of carbonyl (C=O) groups is 1. The summed E-state index contributed by atoms with van der Waals surface area (Å²) < 4.78 is 23.6. The molecule has 2 aromatic heterocycles. The van der Waals surface area contributed by atoms with Crippen molar-refractivity contribution in [1.82, 2.24) is 10.3 Å². The average molecular weight is 449 g/mol. The zero-order valence-electron chi connectivity index (χ0n) is 17.3. The number of furan rings is 1. The van der Waals surface area contributed by atoms with Crippen LogP contribution < -0.4 is 19.5 Å². The standard InChI is InChI=1S/C24H20N2O5S/c1-28-19-12-15(13-20-23(19)30-11-10-29-20)6-9-22(27)25-14-16-7-8-18(31-16)24-26-17-4-2-3-5-21(17)32-24/h2-9,12-13H,10-11,14H2,1H3,(H,25,27)/b9-6+. The van der Waals surface area contributed by atoms with Gasteiger partial charge in [0.15, 0.2) is 22.3 Å². The van der Waals surface area contributed by atoms with Crippen LogP contribution in [0.3, 0.4) is 0 Å². The summed E-state index contributed by atoms with van der Waals surface area (Å²) in [5.41, 5.74) is 1.72. The van der Waals surface area contributed by atoms with Crippen molar-refractivity contribution >= 4 is 33.5 Å². The number of benzene rings is 2. The van der Waals surface area contributed by atoms with Gasteiger partial charge in [-0.25, -0.2) is 4.98 Å². The second-order valence-corrected chi connectivity index (χ2v) is 8.08. The number of para-hydroxylation sites is 1. The molecule has 0 aliphatic carbocycles. The molecule has 0 spiro atoms. The van der Waals surface area contributed by atoms with Gasteiger partial charge in [0.05, 0.1) is 23.9 Å². The fourth-order valence-corrected chi connectivity index (χ4v) is 4.29. The Morgan fingerprint density at radius 2 is 2.06 bits per heavy atom. The monoisotopic (exact) mass is 448 g/mol. The minimum absolute atomic E-state index is 0.239. The van der Waals surface area contributed by atoms with Gasteiger partial charge in [0, 0.05) is 6.08 Å². The lowest BCUT2D eigenvalue weighted by Crippen LogP contribution is -2.19. The predicted octanol–water partition coefficient (Wildman–Crippen LogP) is 4.67. The maximum absolute atomic E-state index is 12.3. The second-order valence-electron chi connectivity index (χ2n) is 7.05. The molecule has 1 aliphatic rings. The number of rotatable bonds is 6. The van der Waals surface area contributed by atoms with Gasteiger partial charge in [-0.15, -0.1) is 11.3 Å². The fourth-order valence-electron chi connectivity index (χ4n) is 3.36. The van der Waals surface area contributed by atoms with E-state index in [1.165, 1.54) is 6.08 Å². The smallest absolute Gasteiger partial charge is 0.244 e. The number of thiazole rings is 1. The van der Waals surface area contributed by atoms with Gasteiger partial charge in [-0.3, -0.25) is 4.79 Å². The SMILES string of the molecule is COc1cc(/C=C/C(=O)NCc2ccc(-c3nc4ccccc4s3)o2)cc2c1OCCO2. The lowest BCUT2D eigenvalue weighted by molar-refractivity contribution is -0.116. The molecule has 0 fully saturated rings. The lowest BCUT2D eigenvalue weighted by atomic mass is 10.1. The summed E-state index contributed by atoms with van der Waals surface area (Å²) in [7, 11) is 1.57. The molecule has 0 saturated heterocycles. The fraction of sp³-hybridized carbons (Fsp3) is 0.167. The first-order chi connectivity index (χ1) is 15.7. The molecule has 0 unspecified atom stereocenters. The Labute approximate surface area is 188 Å². The van der Waals surface area contributed by atoms with Crippen LogP contribution in [0.2, 0.25) is 0 Å². The number of hydrogen-bond donors (Lipinski definition) is 1. The first kappa shape index (κ1) is 20.1. The molecule has 8 heteroatoms. The maximum atomic E-state index is 12.3. The molecule has 32 heavy (non-hydrogen) atoms. The minimum atomic E-state index is -0.239. The van der Waals surface area contributed by atoms with E-state index in [-0.39, 0.29) is 12.5 Å². The predicted molar refractivity (Wildman–Crippen MR) is 122 cm³/mol. The first-order valence-corrected chi connectivity index (χ1v) is 10.9. The van der Waals surface area contributed by atoms with Crippen LogP contribution in [0.25, 0.3) is 27.1 Å². The number of carbonyl (C=O) groups excluding carboxylic acids is 1. The Morgan fingerprint density at radius 3 is 2.94 bits per heavy atom. The molecule has 1 amide bonds. The van der Waals surface area contributed by atoms with E-state index in [0.717, 1.165) is 20.8 Å². The highest BCUT2D eigenvalue weighted by atomic mass is 32.1. The third-order valence-electron chi connectivity index (χ3n) is 4.88. The number of methoxy groups -OCH3 is 1. The van der Waals surface area contributed by atoms with Crippen LogP contribution in [0.1, 0.15) is 11.3 Å². The van der Waals surface area contributed by atoms with Crippen molar-refractivity contribution in [2.45, 2.75) is 6.54 Å². The van der Waals surface area contributed by atoms with Crippen LogP contribution >= 0.6 is 11.3 Å². The topological polar surface area (TPSA) is 82.8 Å². The Bertz CT molecular complexity index is 1260. The van der Waals surface area contributed by atoms with Gasteiger partial charge < -0.3 is 23.9 Å². The summed E-state index contributed by atoms with van der Waals surface area (Å²) in [5, 5.41) is 3.64. The van der Waals surface area contributed by atoms with Crippen molar-refractivity contribution in [2.24, 2.45) is 0 Å². The third-order valence-corrected chi connectivity index (χ3v) is 5.93. The van der Waals surface area contributed by atoms with Crippen LogP contribution in [-0.4, -0.2) is 31.2 Å². The van der Waals surface area contributed by atoms with Crippen LogP contribution in [0.15, 0.2) is 59.0 Å². The maximum Gasteiger partial charge on any atom is 0.244 e. The van der Waals surface area contributed by atoms with Crippen molar-refractivity contribution in [3.63, 3.8) is 0 Å². The Kier molecular flexibility index (Phi) is 5.51. The number of ether oxygens (including phenoxy) is 3. The highest BCUT2D eigenvalue weighted by Gasteiger charge is 2.18. The van der Waals surface area contributed by atoms with Gasteiger partial charge >= 0.3 is 0 Å². The summed E-state index contributed by atoms with van der Waals surface area (Å²) in [5.74, 6) is 2.86. The molecule has 162 valence electrons. The molecule has 2 aromatic carbocycles. The molecule has 5 rings (SSSR count). The van der Waals surface area contributed by atoms with Gasteiger partial charge in [-0.05, 0) is 48.0 Å². The van der Waals surface area contributed by atoms with E-state index in [2.05, 4.69) is 10.3 Å². The first-order valence-electron chi connectivity index (χ1n) is 10.1. The van der Waals surface area contributed by atoms with Crippen LogP contribution in [-0.2, 0) is 11.3 Å². The number of hydrogen-bond acceptors (Lipinski definition) is 7. The van der Waals surface area contributed by atoms with E-state index in [1.807, 2.05) is 42.5 Å². The van der Waals surface area contributed by atoms with E-state index in [4.69, 9.17) is 18.6 Å². The summed E-state index contributed by atoms with van der Waals surface area (Å²) >= 11 is 1.57. The molecule has 4 aromatic rings. The zero-order chi connectivity index (χ0) is 21.9.